The Balaban J connectivity index is 1.35. The average Bonchev–Trinajstić information content (AvgIpc) is 3.26. The lowest BCUT2D eigenvalue weighted by atomic mass is 9.96. The highest BCUT2D eigenvalue weighted by atomic mass is 35.5. The number of piperidine rings is 1. The van der Waals surface area contributed by atoms with Gasteiger partial charge in [-0.1, -0.05) is 29.3 Å². The molecule has 0 bridgehead atoms. The molecule has 2 aromatic heterocycles. The first-order chi connectivity index (χ1) is 13.6. The Kier molecular flexibility index (Phi) is 5.45. The number of amides is 1. The van der Waals surface area contributed by atoms with Gasteiger partial charge in [-0.25, -0.2) is 4.68 Å². The standard InChI is InChI=1S/C19H18Cl2N6O/c20-14-3-1-4-15(18(14)21)23-19(28)13-7-11-26(12-8-13)16-5-6-17(25-24-16)27-10-2-9-22-27/h1-6,9-10,13H,7-8,11-12H2,(H,23,28). The minimum Gasteiger partial charge on any atom is -0.355 e. The van der Waals surface area contributed by atoms with E-state index in [1.54, 1.807) is 29.1 Å². The predicted octanol–water partition coefficient (Wildman–Crippen LogP) is 3.82. The molecule has 1 saturated heterocycles. The molecule has 0 saturated carbocycles. The van der Waals surface area contributed by atoms with Gasteiger partial charge in [0, 0.05) is 31.4 Å². The zero-order chi connectivity index (χ0) is 19.5. The van der Waals surface area contributed by atoms with Gasteiger partial charge in [0.05, 0.1) is 15.7 Å². The van der Waals surface area contributed by atoms with Crippen molar-refractivity contribution >= 4 is 40.6 Å². The van der Waals surface area contributed by atoms with Crippen molar-refractivity contribution in [3.63, 3.8) is 0 Å². The van der Waals surface area contributed by atoms with Gasteiger partial charge >= 0.3 is 0 Å². The summed E-state index contributed by atoms with van der Waals surface area (Å²) in [6, 6.07) is 10.8. The van der Waals surface area contributed by atoms with Gasteiger partial charge < -0.3 is 10.2 Å². The number of nitrogens with one attached hydrogen (secondary N) is 1. The number of rotatable bonds is 4. The van der Waals surface area contributed by atoms with E-state index in [1.165, 1.54) is 0 Å². The van der Waals surface area contributed by atoms with Crippen LogP contribution in [0.5, 0.6) is 0 Å². The second-order valence-corrected chi connectivity index (χ2v) is 7.34. The summed E-state index contributed by atoms with van der Waals surface area (Å²) in [7, 11) is 0. The minimum atomic E-state index is -0.0809. The number of anilines is 2. The van der Waals surface area contributed by atoms with Gasteiger partial charge in [-0.3, -0.25) is 4.79 Å². The Labute approximate surface area is 172 Å². The molecule has 144 valence electrons. The summed E-state index contributed by atoms with van der Waals surface area (Å²) < 4.78 is 1.66. The summed E-state index contributed by atoms with van der Waals surface area (Å²) in [6.45, 7) is 1.47. The van der Waals surface area contributed by atoms with E-state index in [-0.39, 0.29) is 11.8 Å². The molecular formula is C19H18Cl2N6O. The molecule has 0 spiro atoms. The number of benzene rings is 1. The molecule has 0 radical (unpaired) electrons. The fourth-order valence-electron chi connectivity index (χ4n) is 3.22. The Morgan fingerprint density at radius 3 is 2.46 bits per heavy atom. The van der Waals surface area contributed by atoms with Crippen molar-refractivity contribution in [2.45, 2.75) is 12.8 Å². The van der Waals surface area contributed by atoms with Crippen molar-refractivity contribution in [1.29, 1.82) is 0 Å². The highest BCUT2D eigenvalue weighted by Crippen LogP contribution is 2.31. The first-order valence-corrected chi connectivity index (χ1v) is 9.71. The van der Waals surface area contributed by atoms with E-state index in [0.717, 1.165) is 31.7 Å². The first kappa shape index (κ1) is 18.7. The van der Waals surface area contributed by atoms with E-state index in [1.807, 2.05) is 24.4 Å². The normalized spacial score (nSPS) is 14.9. The van der Waals surface area contributed by atoms with Gasteiger partial charge in [-0.15, -0.1) is 10.2 Å². The van der Waals surface area contributed by atoms with Crippen molar-refractivity contribution in [2.24, 2.45) is 5.92 Å². The van der Waals surface area contributed by atoms with Crippen LogP contribution in [0.4, 0.5) is 11.5 Å². The summed E-state index contributed by atoms with van der Waals surface area (Å²) >= 11 is 12.2. The SMILES string of the molecule is O=C(Nc1cccc(Cl)c1Cl)C1CCN(c2ccc(-n3cccn3)nn2)CC1. The van der Waals surface area contributed by atoms with Crippen molar-refractivity contribution < 1.29 is 4.79 Å². The van der Waals surface area contributed by atoms with Gasteiger partial charge in [0.15, 0.2) is 11.6 Å². The van der Waals surface area contributed by atoms with Gasteiger partial charge in [0.1, 0.15) is 0 Å². The van der Waals surface area contributed by atoms with Crippen LogP contribution in [-0.2, 0) is 4.79 Å². The number of halogens is 2. The van der Waals surface area contributed by atoms with Crippen molar-refractivity contribution in [1.82, 2.24) is 20.0 Å². The van der Waals surface area contributed by atoms with Crippen LogP contribution in [0.25, 0.3) is 5.82 Å². The van der Waals surface area contributed by atoms with Crippen LogP contribution >= 0.6 is 23.2 Å². The van der Waals surface area contributed by atoms with Crippen LogP contribution in [0.1, 0.15) is 12.8 Å². The molecular weight excluding hydrogens is 399 g/mol. The van der Waals surface area contributed by atoms with Crippen molar-refractivity contribution in [3.8, 4) is 5.82 Å². The molecule has 1 aromatic carbocycles. The molecule has 4 rings (SSSR count). The number of nitrogens with zero attached hydrogens (tertiary/aromatic N) is 5. The third-order valence-electron chi connectivity index (χ3n) is 4.77. The summed E-state index contributed by atoms with van der Waals surface area (Å²) in [5.74, 6) is 1.35. The minimum absolute atomic E-state index is 0.0380. The molecule has 1 N–H and O–H groups in total. The average molecular weight is 417 g/mol. The Morgan fingerprint density at radius 2 is 1.79 bits per heavy atom. The molecule has 1 aliphatic rings. The Morgan fingerprint density at radius 1 is 1.04 bits per heavy atom. The zero-order valence-corrected chi connectivity index (χ0v) is 16.4. The number of carbonyl (C=O) groups excluding carboxylic acids is 1. The second kappa shape index (κ2) is 8.16. The van der Waals surface area contributed by atoms with E-state index >= 15 is 0 Å². The lowest BCUT2D eigenvalue weighted by Gasteiger charge is -2.31. The quantitative estimate of drug-likeness (QED) is 0.699. The Hall–Kier alpha value is -2.64. The van der Waals surface area contributed by atoms with Gasteiger partial charge in [-0.2, -0.15) is 5.10 Å². The molecule has 9 heteroatoms. The number of hydrogen-bond acceptors (Lipinski definition) is 5. The lowest BCUT2D eigenvalue weighted by Crippen LogP contribution is -2.38. The number of hydrogen-bond donors (Lipinski definition) is 1. The summed E-state index contributed by atoms with van der Waals surface area (Å²) in [5, 5.41) is 16.3. The summed E-state index contributed by atoms with van der Waals surface area (Å²) in [6.07, 6.45) is 4.97. The van der Waals surface area contributed by atoms with Gasteiger partial charge in [0.2, 0.25) is 5.91 Å². The highest BCUT2D eigenvalue weighted by Gasteiger charge is 2.26. The lowest BCUT2D eigenvalue weighted by molar-refractivity contribution is -0.120. The van der Waals surface area contributed by atoms with E-state index in [0.29, 0.717) is 21.6 Å². The maximum Gasteiger partial charge on any atom is 0.227 e. The maximum absolute atomic E-state index is 12.6. The van der Waals surface area contributed by atoms with Gasteiger partial charge in [-0.05, 0) is 43.2 Å². The zero-order valence-electron chi connectivity index (χ0n) is 14.9. The van der Waals surface area contributed by atoms with E-state index < -0.39 is 0 Å². The van der Waals surface area contributed by atoms with E-state index in [2.05, 4.69) is 25.5 Å². The molecule has 1 fully saturated rings. The molecule has 3 heterocycles. The third kappa shape index (κ3) is 3.95. The van der Waals surface area contributed by atoms with Crippen molar-refractivity contribution in [2.75, 3.05) is 23.3 Å². The van der Waals surface area contributed by atoms with Crippen LogP contribution in [0.15, 0.2) is 48.8 Å². The van der Waals surface area contributed by atoms with Gasteiger partial charge in [0.25, 0.3) is 0 Å². The van der Waals surface area contributed by atoms with Crippen LogP contribution in [-0.4, -0.2) is 39.0 Å². The van der Waals surface area contributed by atoms with Crippen molar-refractivity contribution in [3.05, 3.63) is 58.8 Å². The summed E-state index contributed by atoms with van der Waals surface area (Å²) in [5.41, 5.74) is 0.543. The molecule has 7 nitrogen and oxygen atoms in total. The Bertz CT molecular complexity index is 953. The smallest absolute Gasteiger partial charge is 0.227 e. The van der Waals surface area contributed by atoms with Crippen LogP contribution < -0.4 is 10.2 Å². The second-order valence-electron chi connectivity index (χ2n) is 6.55. The fourth-order valence-corrected chi connectivity index (χ4v) is 3.57. The largest absolute Gasteiger partial charge is 0.355 e. The first-order valence-electron chi connectivity index (χ1n) is 8.95. The van der Waals surface area contributed by atoms with Crippen LogP contribution in [0.3, 0.4) is 0 Å². The predicted molar refractivity (Wildman–Crippen MR) is 109 cm³/mol. The molecule has 0 unspecified atom stereocenters. The number of carbonyl (C=O) groups is 1. The molecule has 28 heavy (non-hydrogen) atoms. The molecule has 1 aliphatic heterocycles. The maximum atomic E-state index is 12.6. The topological polar surface area (TPSA) is 75.9 Å². The molecule has 0 atom stereocenters. The molecule has 0 aliphatic carbocycles. The fraction of sp³-hybridized carbons (Fsp3) is 0.263. The molecule has 3 aromatic rings. The molecule has 1 amide bonds. The van der Waals surface area contributed by atoms with E-state index in [9.17, 15) is 4.79 Å². The van der Waals surface area contributed by atoms with Crippen LogP contribution in [0, 0.1) is 5.92 Å². The highest BCUT2D eigenvalue weighted by molar-refractivity contribution is 6.44. The number of aromatic nitrogens is 4. The van der Waals surface area contributed by atoms with E-state index in [4.69, 9.17) is 23.2 Å². The third-order valence-corrected chi connectivity index (χ3v) is 5.59. The van der Waals surface area contributed by atoms with Crippen LogP contribution in [0.2, 0.25) is 10.0 Å². The summed E-state index contributed by atoms with van der Waals surface area (Å²) in [4.78, 5) is 14.7. The monoisotopic (exact) mass is 416 g/mol.